The summed E-state index contributed by atoms with van der Waals surface area (Å²) in [4.78, 5) is 10.3. The molecule has 0 bridgehead atoms. The van der Waals surface area contributed by atoms with Crippen LogP contribution in [-0.4, -0.2) is 11.0 Å². The summed E-state index contributed by atoms with van der Waals surface area (Å²) in [5.74, 6) is -2.26. The van der Waals surface area contributed by atoms with Crippen LogP contribution in [0.5, 0.6) is 0 Å². The minimum Gasteiger partial charge on any atom is -0.374 e. The van der Waals surface area contributed by atoms with Gasteiger partial charge in [-0.25, -0.2) is 8.78 Å². The van der Waals surface area contributed by atoms with E-state index in [1.165, 1.54) is 0 Å². The summed E-state index contributed by atoms with van der Waals surface area (Å²) in [5, 5.41) is 13.8. The highest BCUT2D eigenvalue weighted by Gasteiger charge is 2.34. The maximum Gasteiger partial charge on any atom is 0.295 e. The number of anilines is 1. The molecular formula is C14H18F2N2O2. The zero-order chi connectivity index (χ0) is 14.9. The van der Waals surface area contributed by atoms with Crippen molar-refractivity contribution >= 4 is 11.4 Å². The van der Waals surface area contributed by atoms with Gasteiger partial charge < -0.3 is 5.32 Å². The smallest absolute Gasteiger partial charge is 0.295 e. The number of halogens is 2. The van der Waals surface area contributed by atoms with Gasteiger partial charge in [-0.05, 0) is 24.3 Å². The fraction of sp³-hybridized carbons (Fsp3) is 0.571. The first-order valence-electron chi connectivity index (χ1n) is 6.72. The van der Waals surface area contributed by atoms with E-state index in [1.807, 2.05) is 13.8 Å². The quantitative estimate of drug-likeness (QED) is 0.666. The number of rotatable bonds is 3. The van der Waals surface area contributed by atoms with Gasteiger partial charge in [0.05, 0.1) is 4.92 Å². The fourth-order valence-corrected chi connectivity index (χ4v) is 2.77. The predicted molar refractivity (Wildman–Crippen MR) is 72.7 cm³/mol. The molecule has 110 valence electrons. The molecule has 6 heteroatoms. The Labute approximate surface area is 116 Å². The van der Waals surface area contributed by atoms with Gasteiger partial charge in [0.15, 0.2) is 17.3 Å². The third kappa shape index (κ3) is 2.73. The van der Waals surface area contributed by atoms with Gasteiger partial charge in [0, 0.05) is 12.1 Å². The Morgan fingerprint density at radius 2 is 2.05 bits per heavy atom. The number of nitro benzene ring substituents is 1. The summed E-state index contributed by atoms with van der Waals surface area (Å²) in [5.41, 5.74) is -0.870. The predicted octanol–water partition coefficient (Wildman–Crippen LogP) is 4.25. The van der Waals surface area contributed by atoms with Crippen LogP contribution in [-0.2, 0) is 0 Å². The molecule has 0 aromatic heterocycles. The standard InChI is InChI=1S/C14H18F2N2O2/c1-14(2)8-4-3-5-11(14)17-13-10(18(19)20)7-6-9(15)12(13)16/h6-7,11,17H,3-5,8H2,1-2H3. The molecule has 0 aliphatic heterocycles. The Bertz CT molecular complexity index is 532. The average molecular weight is 284 g/mol. The number of benzene rings is 1. The molecule has 0 heterocycles. The number of hydrogen-bond acceptors (Lipinski definition) is 3. The second-order valence-electron chi connectivity index (χ2n) is 5.94. The Morgan fingerprint density at radius 3 is 2.65 bits per heavy atom. The van der Waals surface area contributed by atoms with E-state index in [4.69, 9.17) is 0 Å². The summed E-state index contributed by atoms with van der Waals surface area (Å²) < 4.78 is 27.2. The second kappa shape index (κ2) is 5.34. The van der Waals surface area contributed by atoms with Crippen molar-refractivity contribution in [3.8, 4) is 0 Å². The average Bonchev–Trinajstić information content (AvgIpc) is 2.36. The monoisotopic (exact) mass is 284 g/mol. The normalized spacial score (nSPS) is 21.5. The zero-order valence-corrected chi connectivity index (χ0v) is 11.6. The maximum absolute atomic E-state index is 13.9. The summed E-state index contributed by atoms with van der Waals surface area (Å²) in [6, 6.07) is 1.67. The van der Waals surface area contributed by atoms with Gasteiger partial charge in [-0.15, -0.1) is 0 Å². The SMILES string of the molecule is CC1(C)CCCCC1Nc1c([N+](=O)[O-])ccc(F)c1F. The Kier molecular flexibility index (Phi) is 3.92. The van der Waals surface area contributed by atoms with E-state index in [9.17, 15) is 18.9 Å². The van der Waals surface area contributed by atoms with E-state index in [0.717, 1.165) is 37.8 Å². The number of nitrogens with one attached hydrogen (secondary N) is 1. The largest absolute Gasteiger partial charge is 0.374 e. The van der Waals surface area contributed by atoms with Gasteiger partial charge >= 0.3 is 0 Å². The molecule has 1 N–H and O–H groups in total. The van der Waals surface area contributed by atoms with Crippen LogP contribution in [0.2, 0.25) is 0 Å². The van der Waals surface area contributed by atoms with E-state index in [0.29, 0.717) is 0 Å². The Balaban J connectivity index is 2.37. The molecule has 0 saturated heterocycles. The van der Waals surface area contributed by atoms with Crippen LogP contribution >= 0.6 is 0 Å². The fourth-order valence-electron chi connectivity index (χ4n) is 2.77. The van der Waals surface area contributed by atoms with Crippen LogP contribution in [0.15, 0.2) is 12.1 Å². The second-order valence-corrected chi connectivity index (χ2v) is 5.94. The lowest BCUT2D eigenvalue weighted by Gasteiger charge is -2.39. The minimum atomic E-state index is -1.18. The molecule has 1 unspecified atom stereocenters. The molecule has 1 aromatic carbocycles. The Hall–Kier alpha value is -1.72. The van der Waals surface area contributed by atoms with E-state index in [2.05, 4.69) is 5.32 Å². The third-order valence-corrected chi connectivity index (χ3v) is 4.10. The van der Waals surface area contributed by atoms with E-state index >= 15 is 0 Å². The van der Waals surface area contributed by atoms with Gasteiger partial charge in [0.2, 0.25) is 0 Å². The van der Waals surface area contributed by atoms with Crippen LogP contribution < -0.4 is 5.32 Å². The molecule has 1 aliphatic carbocycles. The molecule has 0 amide bonds. The maximum atomic E-state index is 13.9. The van der Waals surface area contributed by atoms with E-state index < -0.39 is 22.2 Å². The lowest BCUT2D eigenvalue weighted by atomic mass is 9.73. The van der Waals surface area contributed by atoms with Crippen molar-refractivity contribution in [1.82, 2.24) is 0 Å². The summed E-state index contributed by atoms with van der Waals surface area (Å²) in [6.07, 6.45) is 3.81. The highest BCUT2D eigenvalue weighted by atomic mass is 19.2. The van der Waals surface area contributed by atoms with E-state index in [-0.39, 0.29) is 17.1 Å². The minimum absolute atomic E-state index is 0.105. The summed E-state index contributed by atoms with van der Waals surface area (Å²) >= 11 is 0. The topological polar surface area (TPSA) is 55.2 Å². The molecule has 0 radical (unpaired) electrons. The van der Waals surface area contributed by atoms with Crippen molar-refractivity contribution in [2.45, 2.75) is 45.6 Å². The van der Waals surface area contributed by atoms with Crippen molar-refractivity contribution in [2.75, 3.05) is 5.32 Å². The van der Waals surface area contributed by atoms with Crippen LogP contribution in [0, 0.1) is 27.2 Å². The van der Waals surface area contributed by atoms with Crippen LogP contribution in [0.3, 0.4) is 0 Å². The summed E-state index contributed by atoms with van der Waals surface area (Å²) in [7, 11) is 0. The molecule has 20 heavy (non-hydrogen) atoms. The van der Waals surface area contributed by atoms with Gasteiger partial charge in [-0.1, -0.05) is 26.7 Å². The number of nitrogens with zero attached hydrogens (tertiary/aromatic N) is 1. The van der Waals surface area contributed by atoms with Crippen molar-refractivity contribution in [2.24, 2.45) is 5.41 Å². The molecule has 4 nitrogen and oxygen atoms in total. The van der Waals surface area contributed by atoms with Crippen molar-refractivity contribution in [3.05, 3.63) is 33.9 Å². The van der Waals surface area contributed by atoms with Gasteiger partial charge in [0.25, 0.3) is 5.69 Å². The van der Waals surface area contributed by atoms with E-state index in [1.54, 1.807) is 0 Å². The molecule has 0 spiro atoms. The summed E-state index contributed by atoms with van der Waals surface area (Å²) in [6.45, 7) is 4.07. The number of nitro groups is 1. The number of hydrogen-bond donors (Lipinski definition) is 1. The van der Waals surface area contributed by atoms with Crippen molar-refractivity contribution < 1.29 is 13.7 Å². The molecule has 1 aliphatic rings. The first-order chi connectivity index (χ1) is 9.33. The lowest BCUT2D eigenvalue weighted by molar-refractivity contribution is -0.384. The molecule has 1 fully saturated rings. The molecule has 1 aromatic rings. The highest BCUT2D eigenvalue weighted by Crippen LogP contribution is 2.39. The molecule has 1 atom stereocenters. The van der Waals surface area contributed by atoms with Crippen LogP contribution in [0.1, 0.15) is 39.5 Å². The lowest BCUT2D eigenvalue weighted by Crippen LogP contribution is -2.39. The molecular weight excluding hydrogens is 266 g/mol. The van der Waals surface area contributed by atoms with Crippen molar-refractivity contribution in [3.63, 3.8) is 0 Å². The first kappa shape index (κ1) is 14.7. The third-order valence-electron chi connectivity index (χ3n) is 4.10. The van der Waals surface area contributed by atoms with Gasteiger partial charge in [-0.2, -0.15) is 0 Å². The first-order valence-corrected chi connectivity index (χ1v) is 6.72. The van der Waals surface area contributed by atoms with Crippen LogP contribution in [0.4, 0.5) is 20.2 Å². The highest BCUT2D eigenvalue weighted by molar-refractivity contribution is 5.63. The molecule has 2 rings (SSSR count). The Morgan fingerprint density at radius 1 is 1.35 bits per heavy atom. The zero-order valence-electron chi connectivity index (χ0n) is 11.6. The van der Waals surface area contributed by atoms with Crippen LogP contribution in [0.25, 0.3) is 0 Å². The molecule has 1 saturated carbocycles. The van der Waals surface area contributed by atoms with Crippen molar-refractivity contribution in [1.29, 1.82) is 0 Å². The van der Waals surface area contributed by atoms with Gasteiger partial charge in [-0.3, -0.25) is 10.1 Å². The van der Waals surface area contributed by atoms with Gasteiger partial charge in [0.1, 0.15) is 0 Å².